The molecule has 3 aliphatic heterocycles. The molecule has 0 bridgehead atoms. The third kappa shape index (κ3) is 15.9. The highest BCUT2D eigenvalue weighted by molar-refractivity contribution is 5.77. The number of urea groups is 1. The number of hydrazine groups is 1. The number of carbonyl (C=O) groups excluding carboxylic acids is 3. The maximum atomic E-state index is 13.1. The van der Waals surface area contributed by atoms with Crippen LogP contribution in [0, 0.1) is 11.8 Å². The van der Waals surface area contributed by atoms with Gasteiger partial charge in [-0.3, -0.25) is 20.4 Å². The highest BCUT2D eigenvalue weighted by Crippen LogP contribution is 2.36. The lowest BCUT2D eigenvalue weighted by molar-refractivity contribution is -0.144. The van der Waals surface area contributed by atoms with Crippen molar-refractivity contribution < 1.29 is 19.1 Å². The van der Waals surface area contributed by atoms with Crippen molar-refractivity contribution in [1.82, 2.24) is 25.0 Å². The van der Waals surface area contributed by atoms with Crippen molar-refractivity contribution in [3.8, 4) is 0 Å². The molecule has 0 aromatic heterocycles. The van der Waals surface area contributed by atoms with Crippen LogP contribution in [0.4, 0.5) is 4.79 Å². The van der Waals surface area contributed by atoms with Crippen LogP contribution in [0.15, 0.2) is 71.0 Å². The molecule has 10 nitrogen and oxygen atoms in total. The van der Waals surface area contributed by atoms with E-state index in [0.29, 0.717) is 13.2 Å². The van der Waals surface area contributed by atoms with Crippen LogP contribution in [0.3, 0.4) is 0 Å². The number of hydrogen-bond acceptors (Lipinski definition) is 8. The van der Waals surface area contributed by atoms with Crippen molar-refractivity contribution in [2.75, 3.05) is 45.9 Å². The van der Waals surface area contributed by atoms with E-state index < -0.39 is 0 Å². The molecule has 3 heterocycles. The molecule has 3 N–H and O–H groups in total. The maximum absolute atomic E-state index is 13.1. The highest BCUT2D eigenvalue weighted by Gasteiger charge is 2.37. The SMILES string of the molecule is C=C/C=C\C1=C(C)NC(=O)N(C2CCCN(C(C)(C)N(N)[C@@H](C)CC3=CCC=C(CC)C(CC)=C3)CC2)CC1.CC=O.CCOC(=O)CN1CCC(C2CCCCC2)CC1. The molecule has 2 amide bonds. The van der Waals surface area contributed by atoms with Gasteiger partial charge in [0.25, 0.3) is 0 Å². The van der Waals surface area contributed by atoms with Crippen LogP contribution in [-0.2, 0) is 14.3 Å². The Morgan fingerprint density at radius 2 is 1.63 bits per heavy atom. The summed E-state index contributed by atoms with van der Waals surface area (Å²) >= 11 is 0. The standard InChI is InChI=1S/C33H53N5O.C15H27NO2.C2H4O/c1-8-11-15-30-18-22-37(32(39)35-26(30)5)31-17-13-20-36(21-19-31)33(6,7)38(34)25(4)23-27-14-12-16-28(9-2)29(10-3)24-27;1-2-18-15(17)12-16-10-8-14(9-11-16)13-6-4-3-5-7-13;1-2-3/h8,11,14-16,24-25,31H,1,9-10,12-13,17-23,34H2,2-7H3,(H,35,39);13-14H,2-12H2,1H3;2H,1H3/b15-11-;;/t25-,31?;;/m0../s1. The van der Waals surface area contributed by atoms with Gasteiger partial charge in [0.1, 0.15) is 6.29 Å². The number of rotatable bonds is 14. The lowest BCUT2D eigenvalue weighted by Crippen LogP contribution is -2.62. The number of allylic oxidation sites excluding steroid dienone is 9. The number of likely N-dealkylation sites (tertiary alicyclic amines) is 2. The Morgan fingerprint density at radius 3 is 2.27 bits per heavy atom. The van der Waals surface area contributed by atoms with Crippen molar-refractivity contribution >= 4 is 18.3 Å². The lowest BCUT2D eigenvalue weighted by atomic mass is 9.76. The molecule has 10 heteroatoms. The number of hydrogen-bond donors (Lipinski definition) is 2. The Kier molecular flexibility index (Phi) is 22.9. The fourth-order valence-corrected chi connectivity index (χ4v) is 9.94. The Bertz CT molecular complexity index is 1510. The van der Waals surface area contributed by atoms with Crippen molar-refractivity contribution in [2.24, 2.45) is 17.7 Å². The zero-order valence-corrected chi connectivity index (χ0v) is 39.1. The largest absolute Gasteiger partial charge is 0.465 e. The van der Waals surface area contributed by atoms with E-state index in [1.54, 1.807) is 6.08 Å². The van der Waals surface area contributed by atoms with Gasteiger partial charge in [-0.1, -0.05) is 89.0 Å². The first kappa shape index (κ1) is 51.0. The Balaban J connectivity index is 0.000000378. The molecule has 60 heavy (non-hydrogen) atoms. The second-order valence-corrected chi connectivity index (χ2v) is 17.8. The van der Waals surface area contributed by atoms with Crippen LogP contribution in [0.25, 0.3) is 0 Å². The summed E-state index contributed by atoms with van der Waals surface area (Å²) in [6.45, 7) is 26.1. The number of piperidine rings is 1. The van der Waals surface area contributed by atoms with Gasteiger partial charge in [0.15, 0.2) is 0 Å². The third-order valence-electron chi connectivity index (χ3n) is 13.5. The fourth-order valence-electron chi connectivity index (χ4n) is 9.94. The summed E-state index contributed by atoms with van der Waals surface area (Å²) in [5, 5.41) is 5.19. The monoisotopic (exact) mass is 833 g/mol. The van der Waals surface area contributed by atoms with E-state index in [1.807, 2.05) is 19.9 Å². The molecule has 0 aromatic carbocycles. The fraction of sp³-hybridized carbons (Fsp3) is 0.700. The topological polar surface area (TPSA) is 111 Å². The number of nitrogens with zero attached hydrogens (tertiary/aromatic N) is 4. The van der Waals surface area contributed by atoms with Gasteiger partial charge in [-0.05, 0) is 160 Å². The van der Waals surface area contributed by atoms with E-state index >= 15 is 0 Å². The average molecular weight is 833 g/mol. The Hall–Kier alpha value is -3.31. The van der Waals surface area contributed by atoms with Gasteiger partial charge in [0, 0.05) is 30.9 Å². The average Bonchev–Trinajstić information content (AvgIpc) is 3.67. The third-order valence-corrected chi connectivity index (χ3v) is 13.5. The predicted octanol–water partition coefficient (Wildman–Crippen LogP) is 10.0. The molecule has 2 saturated heterocycles. The van der Waals surface area contributed by atoms with Gasteiger partial charge in [-0.15, -0.1) is 0 Å². The van der Waals surface area contributed by atoms with Crippen LogP contribution in [-0.4, -0.2) is 102 Å². The van der Waals surface area contributed by atoms with Crippen molar-refractivity contribution in [1.29, 1.82) is 0 Å². The van der Waals surface area contributed by atoms with E-state index in [1.165, 1.54) is 74.2 Å². The van der Waals surface area contributed by atoms with Gasteiger partial charge in [0.05, 0.1) is 18.8 Å². The van der Waals surface area contributed by atoms with Gasteiger partial charge in [-0.25, -0.2) is 9.80 Å². The first-order valence-electron chi connectivity index (χ1n) is 23.5. The van der Waals surface area contributed by atoms with Crippen molar-refractivity contribution in [3.05, 3.63) is 71.0 Å². The minimum Gasteiger partial charge on any atom is -0.465 e. The molecule has 2 atom stereocenters. The van der Waals surface area contributed by atoms with E-state index in [0.717, 1.165) is 108 Å². The Morgan fingerprint density at radius 1 is 0.967 bits per heavy atom. The molecule has 2 aliphatic carbocycles. The van der Waals surface area contributed by atoms with E-state index in [2.05, 4.69) is 90.5 Å². The Labute approximate surface area is 365 Å². The van der Waals surface area contributed by atoms with Crippen LogP contribution in [0.5, 0.6) is 0 Å². The van der Waals surface area contributed by atoms with Crippen LogP contribution in [0.2, 0.25) is 0 Å². The summed E-state index contributed by atoms with van der Waals surface area (Å²) in [6.07, 6.45) is 31.4. The number of carbonyl (C=O) groups is 3. The number of amides is 2. The zero-order chi connectivity index (χ0) is 44.1. The first-order chi connectivity index (χ1) is 28.8. The molecule has 5 aliphatic rings. The molecular weight excluding hydrogens is 749 g/mol. The molecule has 1 saturated carbocycles. The van der Waals surface area contributed by atoms with Gasteiger partial charge < -0.3 is 19.7 Å². The molecule has 5 rings (SSSR count). The summed E-state index contributed by atoms with van der Waals surface area (Å²) in [7, 11) is 0. The lowest BCUT2D eigenvalue weighted by Gasteiger charge is -2.47. The quantitative estimate of drug-likeness (QED) is 0.0585. The number of aldehydes is 1. The molecule has 1 unspecified atom stereocenters. The van der Waals surface area contributed by atoms with Gasteiger partial charge in [0.2, 0.25) is 0 Å². The van der Waals surface area contributed by atoms with Crippen LogP contribution < -0.4 is 11.2 Å². The smallest absolute Gasteiger partial charge is 0.321 e. The number of nitrogens with two attached hydrogens (primary N) is 1. The molecule has 3 fully saturated rings. The summed E-state index contributed by atoms with van der Waals surface area (Å²) < 4.78 is 5.01. The minimum atomic E-state index is -0.286. The zero-order valence-electron chi connectivity index (χ0n) is 39.1. The van der Waals surface area contributed by atoms with E-state index in [-0.39, 0.29) is 29.7 Å². The second-order valence-electron chi connectivity index (χ2n) is 17.8. The molecule has 0 radical (unpaired) electrons. The molecular formula is C50H84N6O4. The van der Waals surface area contributed by atoms with E-state index in [9.17, 15) is 9.59 Å². The van der Waals surface area contributed by atoms with E-state index in [4.69, 9.17) is 15.4 Å². The van der Waals surface area contributed by atoms with Gasteiger partial charge >= 0.3 is 12.0 Å². The normalized spacial score (nSPS) is 22.4. The van der Waals surface area contributed by atoms with Crippen LogP contribution >= 0.6 is 0 Å². The second kappa shape index (κ2) is 26.9. The predicted molar refractivity (Wildman–Crippen MR) is 249 cm³/mol. The number of nitrogens with one attached hydrogen (secondary N) is 1. The first-order valence-corrected chi connectivity index (χ1v) is 23.5. The van der Waals surface area contributed by atoms with Gasteiger partial charge in [-0.2, -0.15) is 0 Å². The van der Waals surface area contributed by atoms with Crippen molar-refractivity contribution in [2.45, 2.75) is 169 Å². The summed E-state index contributed by atoms with van der Waals surface area (Å²) in [5.74, 6) is 8.72. The summed E-state index contributed by atoms with van der Waals surface area (Å²) in [4.78, 5) is 40.2. The number of ether oxygens (including phenoxy) is 1. The van der Waals surface area contributed by atoms with Crippen molar-refractivity contribution in [3.63, 3.8) is 0 Å². The maximum Gasteiger partial charge on any atom is 0.321 e. The molecule has 0 aromatic rings. The number of esters is 1. The minimum absolute atomic E-state index is 0.0261. The molecule has 338 valence electrons. The van der Waals surface area contributed by atoms with Crippen LogP contribution in [0.1, 0.15) is 152 Å². The highest BCUT2D eigenvalue weighted by atomic mass is 16.5. The summed E-state index contributed by atoms with van der Waals surface area (Å²) in [6, 6.07) is 0.465. The summed E-state index contributed by atoms with van der Waals surface area (Å²) in [5.41, 5.74) is 6.15. The molecule has 0 spiro atoms.